The summed E-state index contributed by atoms with van der Waals surface area (Å²) in [6.07, 6.45) is 0.386. The normalized spacial score (nSPS) is 28.3. The smallest absolute Gasteiger partial charge is 0.453 e. The number of ether oxygens (including phenoxy) is 1. The number of esters is 1. The first-order valence-electron chi connectivity index (χ1n) is 10.4. The molecule has 1 N–H and O–H groups in total. The Morgan fingerprint density at radius 3 is 2.66 bits per heavy atom. The number of rotatable bonds is 8. The van der Waals surface area contributed by atoms with Crippen LogP contribution in [-0.4, -0.2) is 54.3 Å². The van der Waals surface area contributed by atoms with Gasteiger partial charge in [-0.3, -0.25) is 13.9 Å². The highest BCUT2D eigenvalue weighted by molar-refractivity contribution is 8.23. The van der Waals surface area contributed by atoms with Crippen molar-refractivity contribution in [3.63, 3.8) is 0 Å². The second-order valence-electron chi connectivity index (χ2n) is 8.43. The van der Waals surface area contributed by atoms with Gasteiger partial charge in [0.25, 0.3) is 0 Å². The average molecular weight is 504 g/mol. The van der Waals surface area contributed by atoms with Gasteiger partial charge in [0, 0.05) is 34.0 Å². The number of aliphatic hydroxyl groups is 1. The van der Waals surface area contributed by atoms with Crippen molar-refractivity contribution in [2.24, 2.45) is 11.8 Å². The number of carbonyl (C=O) groups is 2. The van der Waals surface area contributed by atoms with Crippen molar-refractivity contribution < 1.29 is 32.5 Å². The second-order valence-corrected chi connectivity index (χ2v) is 12.8. The zero-order chi connectivity index (χ0) is 23.2. The Hall–Kier alpha value is -1.50. The molecule has 1 aromatic rings. The topological polar surface area (TPSA) is 127 Å². The van der Waals surface area contributed by atoms with E-state index in [-0.39, 0.29) is 40.5 Å². The van der Waals surface area contributed by atoms with Crippen molar-refractivity contribution in [3.05, 3.63) is 32.1 Å². The molecule has 176 valence electrons. The van der Waals surface area contributed by atoms with Crippen LogP contribution < -0.4 is 5.82 Å². The number of hydrogen-bond acceptors (Lipinski definition) is 10. The number of fused-ring (bicyclic) bond motifs is 1. The van der Waals surface area contributed by atoms with Gasteiger partial charge < -0.3 is 18.7 Å². The Morgan fingerprint density at radius 2 is 2.03 bits per heavy atom. The van der Waals surface area contributed by atoms with Crippen molar-refractivity contribution in [2.45, 2.75) is 56.9 Å². The van der Waals surface area contributed by atoms with Gasteiger partial charge in [-0.25, -0.2) is 9.59 Å². The molecule has 2 saturated heterocycles. The van der Waals surface area contributed by atoms with Gasteiger partial charge in [0.15, 0.2) is 23.8 Å². The van der Waals surface area contributed by atoms with E-state index in [1.54, 1.807) is 6.92 Å². The van der Waals surface area contributed by atoms with Crippen molar-refractivity contribution in [2.75, 3.05) is 11.5 Å². The van der Waals surface area contributed by atoms with E-state index < -0.39 is 34.6 Å². The Kier molecular flexibility index (Phi) is 6.94. The molecule has 0 aromatic carbocycles. The van der Waals surface area contributed by atoms with Gasteiger partial charge in [-0.15, -0.1) is 11.8 Å². The van der Waals surface area contributed by atoms with Crippen LogP contribution in [0.5, 0.6) is 0 Å². The molecule has 0 radical (unpaired) electrons. The summed E-state index contributed by atoms with van der Waals surface area (Å²) in [6, 6.07) is 0. The molecule has 1 aromatic heterocycles. The third kappa shape index (κ3) is 4.59. The van der Waals surface area contributed by atoms with E-state index in [2.05, 4.69) is 0 Å². The highest BCUT2D eigenvalue weighted by Crippen LogP contribution is 2.55. The summed E-state index contributed by atoms with van der Waals surface area (Å²) in [7, 11) is -0.874. The molecule has 1 amide bonds. The molecular formula is C20H25NO8S3. The third-order valence-electron chi connectivity index (χ3n) is 5.42. The first-order valence-corrected chi connectivity index (χ1v) is 13.6. The monoisotopic (exact) mass is 503 g/mol. The third-order valence-corrected chi connectivity index (χ3v) is 9.97. The number of hydrogen-bond donors (Lipinski definition) is 1. The molecule has 5 atom stereocenters. The summed E-state index contributed by atoms with van der Waals surface area (Å²) in [5, 5.41) is 9.70. The lowest BCUT2D eigenvalue weighted by Gasteiger charge is -2.43. The number of β-lactam (4-membered cyclic amide) rings is 1. The Labute approximate surface area is 195 Å². The maximum absolute atomic E-state index is 13.0. The van der Waals surface area contributed by atoms with Crippen LogP contribution in [0, 0.1) is 11.8 Å². The molecule has 3 aliphatic rings. The van der Waals surface area contributed by atoms with Gasteiger partial charge in [0.1, 0.15) is 5.37 Å². The maximum atomic E-state index is 13.0. The zero-order valence-electron chi connectivity index (χ0n) is 17.9. The molecule has 32 heavy (non-hydrogen) atoms. The average Bonchev–Trinajstić information content (AvgIpc) is 3.35. The molecule has 12 heteroatoms. The van der Waals surface area contributed by atoms with Crippen LogP contribution in [0.1, 0.15) is 38.7 Å². The van der Waals surface area contributed by atoms with E-state index in [9.17, 15) is 23.7 Å². The summed E-state index contributed by atoms with van der Waals surface area (Å²) < 4.78 is 27.9. The van der Waals surface area contributed by atoms with Crippen molar-refractivity contribution >= 4 is 46.2 Å². The molecule has 0 spiro atoms. The molecule has 0 bridgehead atoms. The molecule has 4 heterocycles. The van der Waals surface area contributed by atoms with E-state index >= 15 is 0 Å². The van der Waals surface area contributed by atoms with E-state index in [4.69, 9.17) is 13.6 Å². The first kappa shape index (κ1) is 23.7. The molecule has 0 unspecified atom stereocenters. The van der Waals surface area contributed by atoms with Crippen molar-refractivity contribution in [3.8, 4) is 0 Å². The first-order chi connectivity index (χ1) is 15.2. The second kappa shape index (κ2) is 9.40. The fourth-order valence-electron chi connectivity index (χ4n) is 3.88. The minimum absolute atomic E-state index is 0.0875. The van der Waals surface area contributed by atoms with E-state index in [1.807, 2.05) is 13.8 Å². The SMILES string of the molecule is CC(C)Cc1oc(=O)oc1COC(=O)C1=C(S[C@H]2CC[S@@](=O)C2)S[C@@H]2[C@@H]([C@@H](C)O)C(=O)N12. The molecule has 2 fully saturated rings. The lowest BCUT2D eigenvalue weighted by atomic mass is 9.92. The molecule has 3 aliphatic heterocycles. The van der Waals surface area contributed by atoms with E-state index in [0.29, 0.717) is 27.9 Å². The standard InChI is InChI=1S/C20H25NO8S3/c1-9(2)6-12-13(29-20(25)28-12)7-27-18(24)15-19(30-11-4-5-32(26)8-11)31-17-14(10(3)22)16(23)21(15)17/h9-11,14,17,22H,4-8H2,1-3H3/t10-,11+,14+,17-,32-/m1/s1. The molecule has 9 nitrogen and oxygen atoms in total. The van der Waals surface area contributed by atoms with Crippen LogP contribution in [-0.2, 0) is 38.2 Å². The van der Waals surface area contributed by atoms with Crippen molar-refractivity contribution in [1.82, 2.24) is 4.90 Å². The fourth-order valence-corrected chi connectivity index (χ4v) is 9.12. The summed E-state index contributed by atoms with van der Waals surface area (Å²) in [5.41, 5.74) is 0.140. The van der Waals surface area contributed by atoms with E-state index in [0.717, 1.165) is 6.42 Å². The van der Waals surface area contributed by atoms with Crippen LogP contribution in [0.4, 0.5) is 0 Å². The lowest BCUT2D eigenvalue weighted by Crippen LogP contribution is -2.60. The number of amides is 1. The molecule has 0 saturated carbocycles. The maximum Gasteiger partial charge on any atom is 0.519 e. The van der Waals surface area contributed by atoms with Gasteiger partial charge in [-0.2, -0.15) is 0 Å². The number of nitrogens with zero attached hydrogens (tertiary/aromatic N) is 1. The van der Waals surface area contributed by atoms with Gasteiger partial charge in [-0.1, -0.05) is 25.6 Å². The van der Waals surface area contributed by atoms with Crippen molar-refractivity contribution in [1.29, 1.82) is 0 Å². The predicted molar refractivity (Wildman–Crippen MR) is 120 cm³/mol. The van der Waals surface area contributed by atoms with Crippen LogP contribution >= 0.6 is 23.5 Å². The fraction of sp³-hybridized carbons (Fsp3) is 0.650. The van der Waals surface area contributed by atoms with Crippen LogP contribution in [0.15, 0.2) is 23.6 Å². The Morgan fingerprint density at radius 1 is 1.31 bits per heavy atom. The summed E-state index contributed by atoms with van der Waals surface area (Å²) in [6.45, 7) is 5.17. The quantitative estimate of drug-likeness (QED) is 0.414. The number of aliphatic hydroxyl groups excluding tert-OH is 1. The summed E-state index contributed by atoms with van der Waals surface area (Å²) in [4.78, 5) is 38.6. The van der Waals surface area contributed by atoms with Crippen LogP contribution in [0.3, 0.4) is 0 Å². The number of thioether (sulfide) groups is 2. The molecule has 4 rings (SSSR count). The van der Waals surface area contributed by atoms with Crippen LogP contribution in [0.25, 0.3) is 0 Å². The predicted octanol–water partition coefficient (Wildman–Crippen LogP) is 1.81. The molecular weight excluding hydrogens is 478 g/mol. The summed E-state index contributed by atoms with van der Waals surface area (Å²) >= 11 is 2.80. The van der Waals surface area contributed by atoms with Gasteiger partial charge >= 0.3 is 11.8 Å². The Balaban J connectivity index is 1.53. The minimum atomic E-state index is -0.874. The zero-order valence-corrected chi connectivity index (χ0v) is 20.3. The van der Waals surface area contributed by atoms with E-state index in [1.165, 1.54) is 28.4 Å². The van der Waals surface area contributed by atoms with Gasteiger partial charge in [0.05, 0.1) is 16.3 Å². The highest BCUT2D eigenvalue weighted by Gasteiger charge is 2.58. The van der Waals surface area contributed by atoms with Gasteiger partial charge in [0.2, 0.25) is 5.91 Å². The highest BCUT2D eigenvalue weighted by atomic mass is 32.2. The lowest BCUT2D eigenvalue weighted by molar-refractivity contribution is -0.158. The number of carbonyl (C=O) groups excluding carboxylic acids is 2. The van der Waals surface area contributed by atoms with Crippen LogP contribution in [0.2, 0.25) is 0 Å². The molecule has 0 aliphatic carbocycles. The summed E-state index contributed by atoms with van der Waals surface area (Å²) in [5.74, 6) is -0.641. The Bertz CT molecular complexity index is 1030. The van der Waals surface area contributed by atoms with Gasteiger partial charge in [-0.05, 0) is 19.3 Å². The largest absolute Gasteiger partial charge is 0.519 e. The minimum Gasteiger partial charge on any atom is -0.453 e.